The molecule has 1 amide bonds. The number of carbonyl (C=O) groups excluding carboxylic acids is 1. The zero-order valence-corrected chi connectivity index (χ0v) is 15.0. The smallest absolute Gasteiger partial charge is 0.257 e. The maximum atomic E-state index is 11.0. The Morgan fingerprint density at radius 1 is 1.29 bits per heavy atom. The molecule has 0 bridgehead atoms. The van der Waals surface area contributed by atoms with Crippen LogP contribution in [0.2, 0.25) is 5.02 Å². The predicted octanol–water partition coefficient (Wildman–Crippen LogP) is 3.87. The second-order valence-electron chi connectivity index (χ2n) is 6.25. The summed E-state index contributed by atoms with van der Waals surface area (Å²) in [6.45, 7) is 7.98. The summed E-state index contributed by atoms with van der Waals surface area (Å²) < 4.78 is 11.0. The number of carbonyl (C=O) groups is 1. The van der Waals surface area contributed by atoms with E-state index < -0.39 is 5.60 Å². The molecule has 0 aliphatic heterocycles. The maximum absolute atomic E-state index is 11.0. The lowest BCUT2D eigenvalue weighted by molar-refractivity contribution is -0.217. The minimum Gasteiger partial charge on any atom is -0.473 e. The Morgan fingerprint density at radius 3 is 2.54 bits per heavy atom. The summed E-state index contributed by atoms with van der Waals surface area (Å²) in [5, 5.41) is 5.79. The lowest BCUT2D eigenvalue weighted by Gasteiger charge is -2.26. The molecule has 2 aromatic rings. The molecule has 24 heavy (non-hydrogen) atoms. The molecule has 0 unspecified atom stereocenters. The number of aromatic nitrogens is 1. The molecular weight excluding hydrogens is 332 g/mol. The molecule has 1 heterocycles. The molecular formula is C17H21ClN2O4. The number of hydrogen-bond donors (Lipinski definition) is 0. The Bertz CT molecular complexity index is 677. The summed E-state index contributed by atoms with van der Waals surface area (Å²) in [6.07, 6.45) is 0.628. The van der Waals surface area contributed by atoms with Gasteiger partial charge in [-0.15, -0.1) is 0 Å². The Morgan fingerprint density at radius 2 is 1.96 bits per heavy atom. The third kappa shape index (κ3) is 4.97. The molecule has 7 heteroatoms. The van der Waals surface area contributed by atoms with Gasteiger partial charge in [-0.3, -0.25) is 9.63 Å². The van der Waals surface area contributed by atoms with Gasteiger partial charge in [-0.05, 0) is 57.1 Å². The third-order valence-electron chi connectivity index (χ3n) is 3.05. The third-order valence-corrected chi connectivity index (χ3v) is 3.30. The van der Waals surface area contributed by atoms with Gasteiger partial charge in [0.2, 0.25) is 6.41 Å². The van der Waals surface area contributed by atoms with Crippen LogP contribution in [-0.2, 0) is 9.63 Å². The van der Waals surface area contributed by atoms with Crippen molar-refractivity contribution in [3.8, 4) is 17.2 Å². The molecule has 130 valence electrons. The zero-order chi connectivity index (χ0) is 17.7. The van der Waals surface area contributed by atoms with Gasteiger partial charge >= 0.3 is 0 Å². The minimum atomic E-state index is -0.452. The van der Waals surface area contributed by atoms with E-state index in [4.69, 9.17) is 25.7 Å². The predicted molar refractivity (Wildman–Crippen MR) is 90.8 cm³/mol. The molecule has 0 aliphatic rings. The highest BCUT2D eigenvalue weighted by Crippen LogP contribution is 2.30. The number of hydroxylamine groups is 2. The number of ether oxygens (including phenoxy) is 1. The van der Waals surface area contributed by atoms with Crippen molar-refractivity contribution < 1.29 is 18.9 Å². The number of benzene rings is 1. The first-order chi connectivity index (χ1) is 11.3. The van der Waals surface area contributed by atoms with Gasteiger partial charge in [-0.2, -0.15) is 0 Å². The monoisotopic (exact) mass is 352 g/mol. The van der Waals surface area contributed by atoms with Gasteiger partial charge in [0, 0.05) is 10.6 Å². The van der Waals surface area contributed by atoms with Crippen molar-refractivity contribution in [3.05, 3.63) is 34.9 Å². The van der Waals surface area contributed by atoms with Crippen molar-refractivity contribution in [2.45, 2.75) is 33.3 Å². The SMILES string of the molecule is Cc1c(OCCN(C=O)OC(C)(C)C)noc1-c1ccc(Cl)cc1. The van der Waals surface area contributed by atoms with Gasteiger partial charge in [-0.1, -0.05) is 11.6 Å². The maximum Gasteiger partial charge on any atom is 0.257 e. The Hall–Kier alpha value is -2.05. The lowest BCUT2D eigenvalue weighted by Crippen LogP contribution is -2.35. The van der Waals surface area contributed by atoms with Crippen LogP contribution in [0, 0.1) is 6.92 Å². The van der Waals surface area contributed by atoms with Crippen LogP contribution in [0.1, 0.15) is 26.3 Å². The van der Waals surface area contributed by atoms with Crippen molar-refractivity contribution >= 4 is 18.0 Å². The molecule has 6 nitrogen and oxygen atoms in total. The van der Waals surface area contributed by atoms with Crippen LogP contribution >= 0.6 is 11.6 Å². The highest BCUT2D eigenvalue weighted by Gasteiger charge is 2.18. The number of amides is 1. The van der Waals surface area contributed by atoms with Gasteiger partial charge in [0.25, 0.3) is 5.88 Å². The molecule has 0 saturated carbocycles. The number of halogens is 1. The summed E-state index contributed by atoms with van der Waals surface area (Å²) in [7, 11) is 0. The van der Waals surface area contributed by atoms with Crippen LogP contribution in [0.15, 0.2) is 28.8 Å². The molecule has 1 aromatic heterocycles. The van der Waals surface area contributed by atoms with Crippen LogP contribution in [0.25, 0.3) is 11.3 Å². The average molecular weight is 353 g/mol. The molecule has 0 spiro atoms. The van der Waals surface area contributed by atoms with Gasteiger partial charge in [0.15, 0.2) is 5.76 Å². The molecule has 0 atom stereocenters. The van der Waals surface area contributed by atoms with Gasteiger partial charge < -0.3 is 9.26 Å². The van der Waals surface area contributed by atoms with Crippen molar-refractivity contribution in [3.63, 3.8) is 0 Å². The van der Waals surface area contributed by atoms with Crippen LogP contribution in [-0.4, -0.2) is 35.4 Å². The van der Waals surface area contributed by atoms with E-state index in [1.54, 1.807) is 12.1 Å². The van der Waals surface area contributed by atoms with E-state index in [1.807, 2.05) is 39.8 Å². The van der Waals surface area contributed by atoms with E-state index in [-0.39, 0.29) is 13.2 Å². The molecule has 0 fully saturated rings. The standard InChI is InChI=1S/C17H21ClN2O4/c1-12-15(13-5-7-14(18)8-6-13)23-19-16(12)22-10-9-20(11-21)24-17(2,3)4/h5-8,11H,9-10H2,1-4H3. The van der Waals surface area contributed by atoms with Gasteiger partial charge in [0.1, 0.15) is 6.61 Å². The summed E-state index contributed by atoms with van der Waals surface area (Å²) in [5.41, 5.74) is 1.20. The van der Waals surface area contributed by atoms with E-state index >= 15 is 0 Å². The largest absolute Gasteiger partial charge is 0.473 e. The minimum absolute atomic E-state index is 0.238. The van der Waals surface area contributed by atoms with Crippen LogP contribution < -0.4 is 4.74 Å². The van der Waals surface area contributed by atoms with E-state index in [9.17, 15) is 4.79 Å². The quantitative estimate of drug-likeness (QED) is 0.559. The molecule has 2 rings (SSSR count). The Labute approximate surface area is 146 Å². The van der Waals surface area contributed by atoms with E-state index in [0.29, 0.717) is 23.1 Å². The summed E-state index contributed by atoms with van der Waals surface area (Å²) in [6, 6.07) is 7.27. The first-order valence-corrected chi connectivity index (χ1v) is 7.94. The second-order valence-corrected chi connectivity index (χ2v) is 6.68. The van der Waals surface area contributed by atoms with Crippen molar-refractivity contribution in [2.24, 2.45) is 0 Å². The first-order valence-electron chi connectivity index (χ1n) is 7.56. The van der Waals surface area contributed by atoms with Crippen molar-refractivity contribution in [1.29, 1.82) is 0 Å². The van der Waals surface area contributed by atoms with Crippen molar-refractivity contribution in [2.75, 3.05) is 13.2 Å². The number of nitrogens with zero attached hydrogens (tertiary/aromatic N) is 2. The molecule has 0 saturated heterocycles. The van der Waals surface area contributed by atoms with Crippen LogP contribution in [0.5, 0.6) is 5.88 Å². The summed E-state index contributed by atoms with van der Waals surface area (Å²) in [4.78, 5) is 16.5. The second kappa shape index (κ2) is 7.68. The lowest BCUT2D eigenvalue weighted by atomic mass is 10.1. The summed E-state index contributed by atoms with van der Waals surface area (Å²) in [5.74, 6) is 1.02. The Kier molecular flexibility index (Phi) is 5.85. The topological polar surface area (TPSA) is 64.8 Å². The molecule has 0 radical (unpaired) electrons. The van der Waals surface area contributed by atoms with E-state index in [1.165, 1.54) is 5.06 Å². The number of hydrogen-bond acceptors (Lipinski definition) is 5. The average Bonchev–Trinajstić information content (AvgIpc) is 2.87. The van der Waals surface area contributed by atoms with Crippen molar-refractivity contribution in [1.82, 2.24) is 10.2 Å². The highest BCUT2D eigenvalue weighted by atomic mass is 35.5. The normalized spacial score (nSPS) is 11.4. The van der Waals surface area contributed by atoms with Gasteiger partial charge in [0.05, 0.1) is 17.7 Å². The van der Waals surface area contributed by atoms with E-state index in [0.717, 1.165) is 11.1 Å². The van der Waals surface area contributed by atoms with E-state index in [2.05, 4.69) is 5.16 Å². The van der Waals surface area contributed by atoms with Gasteiger partial charge in [-0.25, -0.2) is 5.06 Å². The molecule has 0 N–H and O–H groups in total. The fourth-order valence-corrected chi connectivity index (χ4v) is 2.16. The first kappa shape index (κ1) is 18.3. The fraction of sp³-hybridized carbons (Fsp3) is 0.412. The highest BCUT2D eigenvalue weighted by molar-refractivity contribution is 6.30. The fourth-order valence-electron chi connectivity index (χ4n) is 2.03. The van der Waals surface area contributed by atoms with Crippen LogP contribution in [0.3, 0.4) is 0 Å². The molecule has 0 aliphatic carbocycles. The zero-order valence-electron chi connectivity index (χ0n) is 14.2. The summed E-state index contributed by atoms with van der Waals surface area (Å²) >= 11 is 5.89. The Balaban J connectivity index is 1.97. The molecule has 1 aromatic carbocycles. The number of rotatable bonds is 7. The van der Waals surface area contributed by atoms with Crippen LogP contribution in [0.4, 0.5) is 0 Å².